The van der Waals surface area contributed by atoms with E-state index in [1.165, 1.54) is 11.3 Å². The Hall–Kier alpha value is -1.65. The molecule has 0 spiro atoms. The molecule has 4 heteroatoms. The van der Waals surface area contributed by atoms with E-state index in [2.05, 4.69) is 5.32 Å². The Balaban J connectivity index is 1.96. The van der Waals surface area contributed by atoms with Gasteiger partial charge in [0.15, 0.2) is 0 Å². The zero-order valence-corrected chi connectivity index (χ0v) is 11.8. The molecule has 1 heterocycles. The highest BCUT2D eigenvalue weighted by Crippen LogP contribution is 2.23. The molecule has 0 aliphatic carbocycles. The van der Waals surface area contributed by atoms with Gasteiger partial charge in [-0.1, -0.05) is 17.7 Å². The van der Waals surface area contributed by atoms with Crippen LogP contribution in [0.1, 0.15) is 32.5 Å². The maximum atomic E-state index is 11.9. The van der Waals surface area contributed by atoms with Crippen LogP contribution in [0.15, 0.2) is 35.7 Å². The van der Waals surface area contributed by atoms with Crippen molar-refractivity contribution in [3.05, 3.63) is 57.3 Å². The highest BCUT2D eigenvalue weighted by molar-refractivity contribution is 7.10. The Kier molecular flexibility index (Phi) is 4.35. The summed E-state index contributed by atoms with van der Waals surface area (Å²) in [6.07, 6.45) is -0.645. The maximum absolute atomic E-state index is 11.9. The van der Waals surface area contributed by atoms with E-state index < -0.39 is 6.10 Å². The zero-order chi connectivity index (χ0) is 13.8. The van der Waals surface area contributed by atoms with Crippen molar-refractivity contribution in [1.82, 2.24) is 5.32 Å². The summed E-state index contributed by atoms with van der Waals surface area (Å²) in [7, 11) is 0. The minimum Gasteiger partial charge on any atom is -0.386 e. The molecule has 0 unspecified atom stereocenters. The molecule has 0 fully saturated rings. The molecule has 2 N–H and O–H groups in total. The fourth-order valence-electron chi connectivity index (χ4n) is 1.90. The van der Waals surface area contributed by atoms with Crippen LogP contribution in [0.2, 0.25) is 0 Å². The lowest BCUT2D eigenvalue weighted by Crippen LogP contribution is -2.28. The van der Waals surface area contributed by atoms with Gasteiger partial charge in [0.25, 0.3) is 5.91 Å². The summed E-state index contributed by atoms with van der Waals surface area (Å²) >= 11 is 1.51. The molecule has 3 nitrogen and oxygen atoms in total. The van der Waals surface area contributed by atoms with Crippen molar-refractivity contribution in [2.24, 2.45) is 0 Å². The van der Waals surface area contributed by atoms with Crippen molar-refractivity contribution in [2.45, 2.75) is 20.0 Å². The van der Waals surface area contributed by atoms with E-state index in [1.807, 2.05) is 43.5 Å². The number of aryl methyl sites for hydroxylation is 2. The molecule has 0 aliphatic rings. The monoisotopic (exact) mass is 275 g/mol. The number of amides is 1. The fourth-order valence-corrected chi connectivity index (χ4v) is 2.81. The van der Waals surface area contributed by atoms with Crippen LogP contribution in [-0.4, -0.2) is 17.6 Å². The Labute approximate surface area is 116 Å². The first-order valence-electron chi connectivity index (χ1n) is 6.15. The number of carbonyl (C=O) groups excluding carboxylic acids is 1. The van der Waals surface area contributed by atoms with E-state index >= 15 is 0 Å². The van der Waals surface area contributed by atoms with E-state index in [-0.39, 0.29) is 12.5 Å². The Morgan fingerprint density at radius 3 is 2.79 bits per heavy atom. The first-order chi connectivity index (χ1) is 9.08. The number of carbonyl (C=O) groups is 1. The van der Waals surface area contributed by atoms with Crippen molar-refractivity contribution >= 4 is 17.2 Å². The maximum Gasteiger partial charge on any atom is 0.251 e. The SMILES string of the molecule is Cc1cccc(C(=O)NC[C@H](O)c2sccc2C)c1. The van der Waals surface area contributed by atoms with Gasteiger partial charge >= 0.3 is 0 Å². The lowest BCUT2D eigenvalue weighted by molar-refractivity contribution is 0.0917. The van der Waals surface area contributed by atoms with Gasteiger partial charge in [0.1, 0.15) is 6.10 Å². The molecule has 1 aromatic heterocycles. The standard InChI is InChI=1S/C15H17NO2S/c1-10-4-3-5-12(8-10)15(18)16-9-13(17)14-11(2)6-7-19-14/h3-8,13,17H,9H2,1-2H3,(H,16,18)/t13-/m0/s1. The van der Waals surface area contributed by atoms with Crippen molar-refractivity contribution in [3.63, 3.8) is 0 Å². The van der Waals surface area contributed by atoms with E-state index in [0.29, 0.717) is 5.56 Å². The predicted molar refractivity (Wildman–Crippen MR) is 77.5 cm³/mol. The van der Waals surface area contributed by atoms with Crippen LogP contribution in [0, 0.1) is 13.8 Å². The summed E-state index contributed by atoms with van der Waals surface area (Å²) in [6, 6.07) is 9.36. The van der Waals surface area contributed by atoms with Crippen LogP contribution in [-0.2, 0) is 0 Å². The average molecular weight is 275 g/mol. The van der Waals surface area contributed by atoms with Gasteiger partial charge in [-0.15, -0.1) is 11.3 Å². The topological polar surface area (TPSA) is 49.3 Å². The molecule has 0 saturated carbocycles. The lowest BCUT2D eigenvalue weighted by Gasteiger charge is -2.11. The van der Waals surface area contributed by atoms with Gasteiger partial charge in [-0.3, -0.25) is 4.79 Å². The Morgan fingerprint density at radius 1 is 1.37 bits per heavy atom. The zero-order valence-electron chi connectivity index (χ0n) is 11.0. The van der Waals surface area contributed by atoms with Crippen molar-refractivity contribution in [2.75, 3.05) is 6.54 Å². The Morgan fingerprint density at radius 2 is 2.16 bits per heavy atom. The van der Waals surface area contributed by atoms with Crippen LogP contribution >= 0.6 is 11.3 Å². The normalized spacial score (nSPS) is 12.2. The molecule has 0 bridgehead atoms. The van der Waals surface area contributed by atoms with Crippen LogP contribution in [0.25, 0.3) is 0 Å². The Bertz CT molecular complexity index is 577. The van der Waals surface area contributed by atoms with Crippen LogP contribution < -0.4 is 5.32 Å². The largest absolute Gasteiger partial charge is 0.386 e. The van der Waals surface area contributed by atoms with Gasteiger partial charge in [0.2, 0.25) is 0 Å². The third-order valence-electron chi connectivity index (χ3n) is 2.94. The van der Waals surface area contributed by atoms with E-state index in [0.717, 1.165) is 16.0 Å². The highest BCUT2D eigenvalue weighted by Gasteiger charge is 2.13. The minimum absolute atomic E-state index is 0.156. The van der Waals surface area contributed by atoms with Crippen LogP contribution in [0.3, 0.4) is 0 Å². The molecule has 100 valence electrons. The van der Waals surface area contributed by atoms with Crippen LogP contribution in [0.5, 0.6) is 0 Å². The molecule has 1 aromatic carbocycles. The number of hydrogen-bond acceptors (Lipinski definition) is 3. The van der Waals surface area contributed by atoms with Gasteiger partial charge in [-0.2, -0.15) is 0 Å². The second-order valence-corrected chi connectivity index (χ2v) is 5.51. The molecule has 1 atom stereocenters. The highest BCUT2D eigenvalue weighted by atomic mass is 32.1. The second-order valence-electron chi connectivity index (χ2n) is 4.56. The summed E-state index contributed by atoms with van der Waals surface area (Å²) in [4.78, 5) is 12.8. The predicted octanol–water partition coefficient (Wildman–Crippen LogP) is 2.83. The summed E-state index contributed by atoms with van der Waals surface area (Å²) in [5.74, 6) is -0.156. The molecular formula is C15H17NO2S. The quantitative estimate of drug-likeness (QED) is 0.901. The molecule has 0 radical (unpaired) electrons. The molecule has 0 saturated heterocycles. The second kappa shape index (κ2) is 5.99. The van der Waals surface area contributed by atoms with E-state index in [4.69, 9.17) is 0 Å². The van der Waals surface area contributed by atoms with Gasteiger partial charge in [0.05, 0.1) is 0 Å². The van der Waals surface area contributed by atoms with Crippen molar-refractivity contribution in [1.29, 1.82) is 0 Å². The van der Waals surface area contributed by atoms with Crippen molar-refractivity contribution < 1.29 is 9.90 Å². The lowest BCUT2D eigenvalue weighted by atomic mass is 10.1. The third-order valence-corrected chi connectivity index (χ3v) is 4.06. The van der Waals surface area contributed by atoms with Crippen molar-refractivity contribution in [3.8, 4) is 0 Å². The summed E-state index contributed by atoms with van der Waals surface area (Å²) < 4.78 is 0. The molecule has 2 aromatic rings. The van der Waals surface area contributed by atoms with Gasteiger partial charge < -0.3 is 10.4 Å². The van der Waals surface area contributed by atoms with Gasteiger partial charge in [0, 0.05) is 17.0 Å². The number of thiophene rings is 1. The number of nitrogens with one attached hydrogen (secondary N) is 1. The van der Waals surface area contributed by atoms with E-state index in [9.17, 15) is 9.90 Å². The first kappa shape index (κ1) is 13.8. The van der Waals surface area contributed by atoms with E-state index in [1.54, 1.807) is 6.07 Å². The third kappa shape index (κ3) is 3.43. The summed E-state index contributed by atoms with van der Waals surface area (Å²) in [5.41, 5.74) is 2.72. The number of hydrogen-bond donors (Lipinski definition) is 2. The summed E-state index contributed by atoms with van der Waals surface area (Å²) in [5, 5.41) is 14.7. The fraction of sp³-hybridized carbons (Fsp3) is 0.267. The minimum atomic E-state index is -0.645. The molecule has 2 rings (SSSR count). The smallest absolute Gasteiger partial charge is 0.251 e. The number of aliphatic hydroxyl groups is 1. The van der Waals surface area contributed by atoms with Gasteiger partial charge in [-0.25, -0.2) is 0 Å². The van der Waals surface area contributed by atoms with Gasteiger partial charge in [-0.05, 0) is 43.0 Å². The summed E-state index contributed by atoms with van der Waals surface area (Å²) in [6.45, 7) is 4.13. The molecule has 1 amide bonds. The first-order valence-corrected chi connectivity index (χ1v) is 7.03. The molecule has 0 aliphatic heterocycles. The number of rotatable bonds is 4. The molecule has 19 heavy (non-hydrogen) atoms. The number of benzene rings is 1. The number of aliphatic hydroxyl groups excluding tert-OH is 1. The average Bonchev–Trinajstić information content (AvgIpc) is 2.82. The molecular weight excluding hydrogens is 258 g/mol. The van der Waals surface area contributed by atoms with Crippen LogP contribution in [0.4, 0.5) is 0 Å².